The number of halogens is 1. The van der Waals surface area contributed by atoms with Gasteiger partial charge in [0.2, 0.25) is 0 Å². The number of ether oxygens (including phenoxy) is 1. The Kier molecular flexibility index (Phi) is 5.43. The van der Waals surface area contributed by atoms with Gasteiger partial charge in [-0.05, 0) is 43.0 Å². The van der Waals surface area contributed by atoms with Crippen molar-refractivity contribution in [3.05, 3.63) is 28.2 Å². The number of methoxy groups -OCH3 is 1. The molecule has 0 saturated heterocycles. The van der Waals surface area contributed by atoms with Crippen LogP contribution in [0.15, 0.2) is 22.7 Å². The van der Waals surface area contributed by atoms with E-state index in [-0.39, 0.29) is 12.0 Å². The second-order valence-corrected chi connectivity index (χ2v) is 6.09. The standard InChI is InChI=1S/C15H20BrNO3/c1-20-13-5-6-14(16)11(8-13)9-17-12-4-2-3-10(7-12)15(18)19/h5-6,8,10,12,17H,2-4,7,9H2,1H3,(H,18,19). The highest BCUT2D eigenvalue weighted by Gasteiger charge is 2.26. The maximum atomic E-state index is 11.1. The number of hydrogen-bond donors (Lipinski definition) is 2. The summed E-state index contributed by atoms with van der Waals surface area (Å²) in [6.07, 6.45) is 3.55. The minimum absolute atomic E-state index is 0.199. The fourth-order valence-electron chi connectivity index (χ4n) is 2.67. The molecule has 2 unspecified atom stereocenters. The highest BCUT2D eigenvalue weighted by molar-refractivity contribution is 9.10. The van der Waals surface area contributed by atoms with Gasteiger partial charge in [0.1, 0.15) is 5.75 Å². The van der Waals surface area contributed by atoms with E-state index in [1.807, 2.05) is 18.2 Å². The van der Waals surface area contributed by atoms with Crippen LogP contribution < -0.4 is 10.1 Å². The maximum Gasteiger partial charge on any atom is 0.306 e. The predicted molar refractivity (Wildman–Crippen MR) is 80.9 cm³/mol. The van der Waals surface area contributed by atoms with Gasteiger partial charge in [-0.15, -0.1) is 0 Å². The summed E-state index contributed by atoms with van der Waals surface area (Å²) in [7, 11) is 1.65. The lowest BCUT2D eigenvalue weighted by Crippen LogP contribution is -2.36. The number of carboxylic acid groups (broad SMARTS) is 1. The normalized spacial score (nSPS) is 22.5. The molecule has 4 nitrogen and oxygen atoms in total. The fraction of sp³-hybridized carbons (Fsp3) is 0.533. The third-order valence-corrected chi connectivity index (χ3v) is 4.63. The lowest BCUT2D eigenvalue weighted by molar-refractivity contribution is -0.143. The molecule has 2 rings (SSSR count). The van der Waals surface area contributed by atoms with Crippen LogP contribution in [0.4, 0.5) is 0 Å². The quantitative estimate of drug-likeness (QED) is 0.863. The molecule has 1 fully saturated rings. The molecule has 0 amide bonds. The van der Waals surface area contributed by atoms with Crippen LogP contribution in [0, 0.1) is 5.92 Å². The molecule has 1 aromatic rings. The summed E-state index contributed by atoms with van der Waals surface area (Å²) in [5.41, 5.74) is 1.13. The Balaban J connectivity index is 1.93. The zero-order chi connectivity index (χ0) is 14.5. The molecule has 1 saturated carbocycles. The van der Waals surface area contributed by atoms with Crippen LogP contribution in [-0.4, -0.2) is 24.2 Å². The Morgan fingerprint density at radius 3 is 3.00 bits per heavy atom. The summed E-state index contributed by atoms with van der Waals surface area (Å²) in [6.45, 7) is 0.717. The molecule has 0 aliphatic heterocycles. The third kappa shape index (κ3) is 3.96. The third-order valence-electron chi connectivity index (χ3n) is 3.86. The van der Waals surface area contributed by atoms with Gasteiger partial charge >= 0.3 is 5.97 Å². The van der Waals surface area contributed by atoms with Crippen LogP contribution in [0.2, 0.25) is 0 Å². The first-order valence-corrected chi connectivity index (χ1v) is 7.68. The van der Waals surface area contributed by atoms with E-state index in [0.29, 0.717) is 0 Å². The van der Waals surface area contributed by atoms with Crippen molar-refractivity contribution >= 4 is 21.9 Å². The first kappa shape index (κ1) is 15.3. The summed E-state index contributed by atoms with van der Waals surface area (Å²) >= 11 is 3.53. The van der Waals surface area contributed by atoms with Crippen molar-refractivity contribution in [2.24, 2.45) is 5.92 Å². The molecule has 2 N–H and O–H groups in total. The van der Waals surface area contributed by atoms with Gasteiger partial charge in [0.25, 0.3) is 0 Å². The highest BCUT2D eigenvalue weighted by Crippen LogP contribution is 2.26. The van der Waals surface area contributed by atoms with Crippen LogP contribution in [0.5, 0.6) is 5.75 Å². The van der Waals surface area contributed by atoms with Crippen LogP contribution in [0.25, 0.3) is 0 Å². The second-order valence-electron chi connectivity index (χ2n) is 5.24. The smallest absolute Gasteiger partial charge is 0.306 e. The topological polar surface area (TPSA) is 58.6 Å². The molecule has 0 aromatic heterocycles. The van der Waals surface area contributed by atoms with Crippen LogP contribution in [-0.2, 0) is 11.3 Å². The second kappa shape index (κ2) is 7.09. The van der Waals surface area contributed by atoms with Gasteiger partial charge in [-0.3, -0.25) is 4.79 Å². The van der Waals surface area contributed by atoms with Crippen molar-refractivity contribution in [3.8, 4) is 5.75 Å². The monoisotopic (exact) mass is 341 g/mol. The first-order chi connectivity index (χ1) is 9.60. The van der Waals surface area contributed by atoms with Crippen LogP contribution in [0.3, 0.4) is 0 Å². The lowest BCUT2D eigenvalue weighted by Gasteiger charge is -2.27. The number of benzene rings is 1. The van der Waals surface area contributed by atoms with Gasteiger partial charge in [-0.1, -0.05) is 22.4 Å². The number of carbonyl (C=O) groups is 1. The Labute approximate surface area is 127 Å². The van der Waals surface area contributed by atoms with Gasteiger partial charge in [0.05, 0.1) is 13.0 Å². The summed E-state index contributed by atoms with van der Waals surface area (Å²) in [6, 6.07) is 6.16. The van der Waals surface area contributed by atoms with Crippen molar-refractivity contribution in [2.75, 3.05) is 7.11 Å². The molecule has 0 heterocycles. The van der Waals surface area contributed by atoms with E-state index in [1.54, 1.807) is 7.11 Å². The van der Waals surface area contributed by atoms with Gasteiger partial charge < -0.3 is 15.2 Å². The average molecular weight is 342 g/mol. The number of aliphatic carboxylic acids is 1. The highest BCUT2D eigenvalue weighted by atomic mass is 79.9. The molecule has 20 heavy (non-hydrogen) atoms. The Morgan fingerprint density at radius 2 is 2.30 bits per heavy atom. The largest absolute Gasteiger partial charge is 0.497 e. The summed E-state index contributed by atoms with van der Waals surface area (Å²) < 4.78 is 6.26. The van der Waals surface area contributed by atoms with E-state index in [4.69, 9.17) is 9.84 Å². The van der Waals surface area contributed by atoms with Gasteiger partial charge in [-0.25, -0.2) is 0 Å². The minimum Gasteiger partial charge on any atom is -0.497 e. The van der Waals surface area contributed by atoms with Gasteiger partial charge in [0.15, 0.2) is 0 Å². The summed E-state index contributed by atoms with van der Waals surface area (Å²) in [5.74, 6) is -0.0360. The molecule has 0 bridgehead atoms. The van der Waals surface area contributed by atoms with Gasteiger partial charge in [-0.2, -0.15) is 0 Å². The zero-order valence-electron chi connectivity index (χ0n) is 11.6. The SMILES string of the molecule is COc1ccc(Br)c(CNC2CCCC(C(=O)O)C2)c1. The van der Waals surface area contributed by atoms with Crippen molar-refractivity contribution in [2.45, 2.75) is 38.3 Å². The molecular formula is C15H20BrNO3. The van der Waals surface area contributed by atoms with E-state index >= 15 is 0 Å². The molecule has 1 aromatic carbocycles. The van der Waals surface area contributed by atoms with E-state index in [2.05, 4.69) is 21.2 Å². The van der Waals surface area contributed by atoms with E-state index in [0.717, 1.165) is 48.0 Å². The lowest BCUT2D eigenvalue weighted by atomic mass is 9.86. The minimum atomic E-state index is -0.668. The fourth-order valence-corrected chi connectivity index (χ4v) is 3.05. The molecule has 110 valence electrons. The zero-order valence-corrected chi connectivity index (χ0v) is 13.1. The molecule has 5 heteroatoms. The van der Waals surface area contributed by atoms with Crippen molar-refractivity contribution in [3.63, 3.8) is 0 Å². The maximum absolute atomic E-state index is 11.1. The molecule has 0 spiro atoms. The Bertz CT molecular complexity index is 478. The van der Waals surface area contributed by atoms with E-state index in [9.17, 15) is 4.79 Å². The van der Waals surface area contributed by atoms with Crippen LogP contribution >= 0.6 is 15.9 Å². The van der Waals surface area contributed by atoms with Crippen molar-refractivity contribution in [1.29, 1.82) is 0 Å². The molecular weight excluding hydrogens is 322 g/mol. The Hall–Kier alpha value is -1.07. The average Bonchev–Trinajstić information content (AvgIpc) is 2.46. The molecule has 0 radical (unpaired) electrons. The predicted octanol–water partition coefficient (Wildman–Crippen LogP) is 3.19. The molecule has 1 aliphatic carbocycles. The summed E-state index contributed by atoms with van der Waals surface area (Å²) in [4.78, 5) is 11.1. The first-order valence-electron chi connectivity index (χ1n) is 6.88. The molecule has 2 atom stereocenters. The van der Waals surface area contributed by atoms with Crippen LogP contribution in [0.1, 0.15) is 31.2 Å². The number of hydrogen-bond acceptors (Lipinski definition) is 3. The van der Waals surface area contributed by atoms with Gasteiger partial charge in [0, 0.05) is 17.1 Å². The van der Waals surface area contributed by atoms with E-state index in [1.165, 1.54) is 0 Å². The Morgan fingerprint density at radius 1 is 1.50 bits per heavy atom. The van der Waals surface area contributed by atoms with Crippen molar-refractivity contribution in [1.82, 2.24) is 5.32 Å². The molecule has 1 aliphatic rings. The van der Waals surface area contributed by atoms with Crippen molar-refractivity contribution < 1.29 is 14.6 Å². The van der Waals surface area contributed by atoms with E-state index < -0.39 is 5.97 Å². The number of rotatable bonds is 5. The number of nitrogens with one attached hydrogen (secondary N) is 1. The summed E-state index contributed by atoms with van der Waals surface area (Å²) in [5, 5.41) is 12.6. The number of carboxylic acids is 1.